The van der Waals surface area contributed by atoms with E-state index < -0.39 is 27.3 Å². The molecule has 5 heteroatoms. The van der Waals surface area contributed by atoms with Gasteiger partial charge in [0.1, 0.15) is 5.75 Å². The number of sulfone groups is 1. The molecular weight excluding hydrogens is 480 g/mol. The lowest BCUT2D eigenvalue weighted by atomic mass is 9.69. The predicted octanol–water partition coefficient (Wildman–Crippen LogP) is 8.07. The average Bonchev–Trinajstić information content (AvgIpc) is 2.97. The van der Waals surface area contributed by atoms with Crippen molar-refractivity contribution in [3.05, 3.63) is 59.7 Å². The SMILES string of the molecule is CCCCCCCCCCOc1ccc2c(c1)S(=O)(=O)C[C@@](CC)(CCCC)[C@H](O)[C@@H]2c1ccccc1. The zero-order valence-electron chi connectivity index (χ0n) is 23.3. The Labute approximate surface area is 225 Å². The van der Waals surface area contributed by atoms with E-state index in [1.165, 1.54) is 38.5 Å². The first kappa shape index (κ1) is 29.7. The number of rotatable bonds is 15. The van der Waals surface area contributed by atoms with Crippen LogP contribution in [0.3, 0.4) is 0 Å². The number of fused-ring (bicyclic) bond motifs is 1. The number of benzene rings is 2. The monoisotopic (exact) mass is 528 g/mol. The van der Waals surface area contributed by atoms with Crippen molar-refractivity contribution in [3.8, 4) is 5.75 Å². The minimum absolute atomic E-state index is 0.0323. The summed E-state index contributed by atoms with van der Waals surface area (Å²) in [7, 11) is -3.62. The van der Waals surface area contributed by atoms with Gasteiger partial charge >= 0.3 is 0 Å². The van der Waals surface area contributed by atoms with Crippen LogP contribution in [0.15, 0.2) is 53.4 Å². The highest BCUT2D eigenvalue weighted by Gasteiger charge is 2.48. The van der Waals surface area contributed by atoms with E-state index in [4.69, 9.17) is 4.74 Å². The fourth-order valence-electron chi connectivity index (χ4n) is 5.88. The van der Waals surface area contributed by atoms with Gasteiger partial charge in [-0.25, -0.2) is 8.42 Å². The van der Waals surface area contributed by atoms with Gasteiger partial charge in [-0.1, -0.05) is 115 Å². The Balaban J connectivity index is 1.83. The van der Waals surface area contributed by atoms with E-state index in [-0.39, 0.29) is 5.75 Å². The predicted molar refractivity (Wildman–Crippen MR) is 153 cm³/mol. The first-order valence-corrected chi connectivity index (χ1v) is 16.3. The lowest BCUT2D eigenvalue weighted by molar-refractivity contribution is 0.0174. The van der Waals surface area contributed by atoms with Crippen LogP contribution in [-0.2, 0) is 9.84 Å². The van der Waals surface area contributed by atoms with Crippen LogP contribution in [0.4, 0.5) is 0 Å². The van der Waals surface area contributed by atoms with Crippen molar-refractivity contribution in [2.45, 2.75) is 115 Å². The maximum atomic E-state index is 13.9. The third kappa shape index (κ3) is 7.60. The largest absolute Gasteiger partial charge is 0.494 e. The molecule has 1 aliphatic heterocycles. The molecule has 0 fully saturated rings. The zero-order chi connectivity index (χ0) is 26.7. The van der Waals surface area contributed by atoms with Gasteiger partial charge in [-0.3, -0.25) is 0 Å². The number of hydrogen-bond donors (Lipinski definition) is 1. The summed E-state index contributed by atoms with van der Waals surface area (Å²) in [5.41, 5.74) is 0.951. The minimum atomic E-state index is -3.62. The highest BCUT2D eigenvalue weighted by Crippen LogP contribution is 2.49. The number of ether oxygens (including phenoxy) is 1. The maximum absolute atomic E-state index is 13.9. The summed E-state index contributed by atoms with van der Waals surface area (Å²) < 4.78 is 33.8. The van der Waals surface area contributed by atoms with Crippen LogP contribution < -0.4 is 4.74 Å². The smallest absolute Gasteiger partial charge is 0.179 e. The minimum Gasteiger partial charge on any atom is -0.494 e. The second kappa shape index (κ2) is 14.3. The molecule has 206 valence electrons. The molecule has 37 heavy (non-hydrogen) atoms. The van der Waals surface area contributed by atoms with Crippen LogP contribution in [0.2, 0.25) is 0 Å². The molecule has 0 aromatic heterocycles. The van der Waals surface area contributed by atoms with Gasteiger partial charge in [0.25, 0.3) is 0 Å². The molecule has 0 bridgehead atoms. The first-order chi connectivity index (χ1) is 17.9. The summed E-state index contributed by atoms with van der Waals surface area (Å²) >= 11 is 0. The number of hydrogen-bond acceptors (Lipinski definition) is 4. The van der Waals surface area contributed by atoms with Crippen LogP contribution >= 0.6 is 0 Å². The van der Waals surface area contributed by atoms with Gasteiger partial charge in [0.2, 0.25) is 0 Å². The second-order valence-electron chi connectivity index (χ2n) is 10.9. The van der Waals surface area contributed by atoms with E-state index in [1.54, 1.807) is 6.07 Å². The third-order valence-electron chi connectivity index (χ3n) is 8.23. The number of unbranched alkanes of at least 4 members (excludes halogenated alkanes) is 8. The van der Waals surface area contributed by atoms with Crippen LogP contribution in [0, 0.1) is 5.41 Å². The maximum Gasteiger partial charge on any atom is 0.179 e. The van der Waals surface area contributed by atoms with E-state index in [9.17, 15) is 13.5 Å². The Bertz CT molecular complexity index is 1050. The molecule has 1 heterocycles. The van der Waals surface area contributed by atoms with Gasteiger partial charge in [0, 0.05) is 11.3 Å². The fraction of sp³-hybridized carbons (Fsp3) is 0.625. The highest BCUT2D eigenvalue weighted by molar-refractivity contribution is 7.91. The molecule has 0 saturated heterocycles. The Morgan fingerprint density at radius 3 is 2.16 bits per heavy atom. The van der Waals surface area contributed by atoms with E-state index in [1.807, 2.05) is 49.4 Å². The summed E-state index contributed by atoms with van der Waals surface area (Å²) in [5, 5.41) is 11.9. The van der Waals surface area contributed by atoms with Crippen LogP contribution in [0.25, 0.3) is 0 Å². The molecule has 3 atom stereocenters. The average molecular weight is 529 g/mol. The summed E-state index contributed by atoms with van der Waals surface area (Å²) in [5.74, 6) is 0.173. The van der Waals surface area contributed by atoms with Crippen molar-refractivity contribution < 1.29 is 18.3 Å². The quantitative estimate of drug-likeness (QED) is 0.237. The van der Waals surface area contributed by atoms with E-state index in [0.717, 1.165) is 31.2 Å². The van der Waals surface area contributed by atoms with Gasteiger partial charge in [-0.2, -0.15) is 0 Å². The summed E-state index contributed by atoms with van der Waals surface area (Å²) in [6, 6.07) is 15.4. The van der Waals surface area contributed by atoms with Crippen LogP contribution in [0.5, 0.6) is 5.75 Å². The summed E-state index contributed by atoms with van der Waals surface area (Å²) in [6.07, 6.45) is 12.2. The third-order valence-corrected chi connectivity index (χ3v) is 10.2. The normalized spacial score (nSPS) is 22.8. The lowest BCUT2D eigenvalue weighted by Gasteiger charge is -2.39. The van der Waals surface area contributed by atoms with E-state index in [2.05, 4.69) is 13.8 Å². The van der Waals surface area contributed by atoms with E-state index >= 15 is 0 Å². The molecule has 4 nitrogen and oxygen atoms in total. The molecule has 0 radical (unpaired) electrons. The molecule has 1 N–H and O–H groups in total. The van der Waals surface area contributed by atoms with Gasteiger partial charge in [-0.05, 0) is 42.5 Å². The van der Waals surface area contributed by atoms with Gasteiger partial charge < -0.3 is 9.84 Å². The molecule has 0 aliphatic carbocycles. The van der Waals surface area contributed by atoms with Crippen molar-refractivity contribution in [1.29, 1.82) is 0 Å². The zero-order valence-corrected chi connectivity index (χ0v) is 24.1. The van der Waals surface area contributed by atoms with Crippen molar-refractivity contribution >= 4 is 9.84 Å². The van der Waals surface area contributed by atoms with Crippen molar-refractivity contribution in [2.24, 2.45) is 5.41 Å². The molecule has 3 rings (SSSR count). The van der Waals surface area contributed by atoms with Crippen LogP contribution in [-0.4, -0.2) is 32.0 Å². The summed E-state index contributed by atoms with van der Waals surface area (Å²) in [6.45, 7) is 6.96. The van der Waals surface area contributed by atoms with Crippen molar-refractivity contribution in [2.75, 3.05) is 12.4 Å². The molecule has 0 amide bonds. The Hall–Kier alpha value is -1.85. The lowest BCUT2D eigenvalue weighted by Crippen LogP contribution is -2.42. The standard InChI is InChI=1S/C32H48O4S/c1-4-7-9-10-11-12-13-17-23-36-27-20-21-28-29(24-27)37(34,35)25-32(6-3,22-8-5-2)31(33)30(28)26-18-15-14-16-19-26/h14-16,18-21,24,30-31,33H,4-13,17,22-23,25H2,1-3H3/t30-,31-,32-/m1/s1. The molecule has 0 saturated carbocycles. The fourth-order valence-corrected chi connectivity index (χ4v) is 8.16. The molecular formula is C32H48O4S. The Morgan fingerprint density at radius 1 is 0.865 bits per heavy atom. The van der Waals surface area contributed by atoms with Crippen molar-refractivity contribution in [3.63, 3.8) is 0 Å². The van der Waals surface area contributed by atoms with E-state index in [0.29, 0.717) is 35.7 Å². The first-order valence-electron chi connectivity index (χ1n) is 14.6. The Morgan fingerprint density at radius 2 is 1.51 bits per heavy atom. The van der Waals surface area contributed by atoms with Gasteiger partial charge in [-0.15, -0.1) is 0 Å². The van der Waals surface area contributed by atoms with Gasteiger partial charge in [0.05, 0.1) is 23.4 Å². The highest BCUT2D eigenvalue weighted by atomic mass is 32.2. The van der Waals surface area contributed by atoms with Gasteiger partial charge in [0.15, 0.2) is 9.84 Å². The summed E-state index contributed by atoms with van der Waals surface area (Å²) in [4.78, 5) is 0.320. The van der Waals surface area contributed by atoms with Crippen LogP contribution in [0.1, 0.15) is 115 Å². The Kier molecular flexibility index (Phi) is 11.5. The number of aliphatic hydroxyl groups excluding tert-OH is 1. The molecule has 0 spiro atoms. The number of aliphatic hydroxyl groups is 1. The molecule has 2 aromatic carbocycles. The topological polar surface area (TPSA) is 63.6 Å². The second-order valence-corrected chi connectivity index (χ2v) is 12.9. The molecule has 1 aliphatic rings. The van der Waals surface area contributed by atoms with Crippen molar-refractivity contribution in [1.82, 2.24) is 0 Å². The molecule has 0 unspecified atom stereocenters. The molecule has 2 aromatic rings.